The molecule has 0 aliphatic carbocycles. The summed E-state index contributed by atoms with van der Waals surface area (Å²) in [6, 6.07) is 1.12. The van der Waals surface area contributed by atoms with Crippen molar-refractivity contribution >= 4 is 11.6 Å². The van der Waals surface area contributed by atoms with Crippen LogP contribution >= 0.6 is 11.6 Å². The molecule has 7 heteroatoms. The molecule has 3 rings (SSSR count). The maximum Gasteiger partial charge on any atom is 0.205 e. The van der Waals surface area contributed by atoms with Crippen molar-refractivity contribution in [2.45, 2.75) is 12.5 Å². The van der Waals surface area contributed by atoms with Gasteiger partial charge in [-0.05, 0) is 11.5 Å². The second kappa shape index (κ2) is 7.47. The topological polar surface area (TPSA) is 59.9 Å². The lowest BCUT2D eigenvalue weighted by atomic mass is 10.1. The molecule has 1 unspecified atom stereocenters. The minimum Gasteiger partial charge on any atom is -0.375 e. The van der Waals surface area contributed by atoms with Crippen molar-refractivity contribution in [1.82, 2.24) is 20.3 Å². The highest BCUT2D eigenvalue weighted by Gasteiger charge is 2.14. The molecule has 0 radical (unpaired) electrons. The molecule has 1 saturated heterocycles. The minimum atomic E-state index is -0.518. The van der Waals surface area contributed by atoms with E-state index >= 15 is 0 Å². The molecule has 5 nitrogen and oxygen atoms in total. The Bertz CT molecular complexity index is 736. The van der Waals surface area contributed by atoms with Gasteiger partial charge in [0, 0.05) is 44.2 Å². The van der Waals surface area contributed by atoms with E-state index in [0.29, 0.717) is 5.82 Å². The van der Waals surface area contributed by atoms with Gasteiger partial charge in [-0.2, -0.15) is 0 Å². The Kier molecular flexibility index (Phi) is 5.13. The van der Waals surface area contributed by atoms with E-state index in [-0.39, 0.29) is 16.8 Å². The summed E-state index contributed by atoms with van der Waals surface area (Å²) in [7, 11) is 0. The number of rotatable bonds is 2. The van der Waals surface area contributed by atoms with Crippen LogP contribution in [0.3, 0.4) is 0 Å². The van der Waals surface area contributed by atoms with Gasteiger partial charge in [-0.3, -0.25) is 0 Å². The van der Waals surface area contributed by atoms with E-state index < -0.39 is 5.82 Å². The Hall–Kier alpha value is -2.07. The fraction of sp³-hybridized carbons (Fsp3) is 0.312. The van der Waals surface area contributed by atoms with Crippen LogP contribution in [0.4, 0.5) is 4.39 Å². The summed E-state index contributed by atoms with van der Waals surface area (Å²) < 4.78 is 19.2. The summed E-state index contributed by atoms with van der Waals surface area (Å²) in [5.41, 5.74) is 1.13. The van der Waals surface area contributed by atoms with Gasteiger partial charge in [-0.25, -0.2) is 19.3 Å². The maximum atomic E-state index is 13.6. The first-order chi connectivity index (χ1) is 11.2. The molecule has 0 spiro atoms. The molecule has 1 aliphatic heterocycles. The molecule has 1 aliphatic rings. The zero-order valence-electron chi connectivity index (χ0n) is 12.2. The predicted octanol–water partition coefficient (Wildman–Crippen LogP) is 1.59. The second-order valence-corrected chi connectivity index (χ2v) is 5.44. The predicted molar refractivity (Wildman–Crippen MR) is 83.5 cm³/mol. The molecule has 0 saturated carbocycles. The molecular formula is C16H14ClFN4O. The highest BCUT2D eigenvalue weighted by molar-refractivity contribution is 6.29. The van der Waals surface area contributed by atoms with Crippen LogP contribution in [-0.4, -0.2) is 40.8 Å². The summed E-state index contributed by atoms with van der Waals surface area (Å²) >= 11 is 5.59. The molecule has 1 atom stereocenters. The van der Waals surface area contributed by atoms with Gasteiger partial charge in [0.15, 0.2) is 0 Å². The van der Waals surface area contributed by atoms with Crippen LogP contribution in [0.25, 0.3) is 0 Å². The van der Waals surface area contributed by atoms with Crippen molar-refractivity contribution < 1.29 is 9.13 Å². The first-order valence-electron chi connectivity index (χ1n) is 7.17. The number of nitrogens with one attached hydrogen (secondary N) is 1. The molecule has 1 fully saturated rings. The highest BCUT2D eigenvalue weighted by atomic mass is 35.5. The Morgan fingerprint density at radius 2 is 2.09 bits per heavy atom. The monoisotopic (exact) mass is 332 g/mol. The lowest BCUT2D eigenvalue weighted by Crippen LogP contribution is -2.39. The van der Waals surface area contributed by atoms with Crippen molar-refractivity contribution in [3.8, 4) is 11.8 Å². The summed E-state index contributed by atoms with van der Waals surface area (Å²) in [5.74, 6) is 5.17. The van der Waals surface area contributed by atoms with Crippen LogP contribution in [0.1, 0.15) is 17.0 Å². The molecule has 0 amide bonds. The Balaban J connectivity index is 1.66. The minimum absolute atomic E-state index is 0.0908. The van der Waals surface area contributed by atoms with Crippen LogP contribution in [0, 0.1) is 17.7 Å². The highest BCUT2D eigenvalue weighted by Crippen LogP contribution is 2.10. The molecular weight excluding hydrogens is 319 g/mol. The summed E-state index contributed by atoms with van der Waals surface area (Å²) in [6.07, 6.45) is 5.60. The van der Waals surface area contributed by atoms with Gasteiger partial charge in [0.25, 0.3) is 0 Å². The number of hydrogen-bond donors (Lipinski definition) is 1. The number of aromatic nitrogens is 3. The van der Waals surface area contributed by atoms with Gasteiger partial charge >= 0.3 is 0 Å². The molecule has 2 aromatic rings. The lowest BCUT2D eigenvalue weighted by Gasteiger charge is -2.23. The van der Waals surface area contributed by atoms with Crippen molar-refractivity contribution in [1.29, 1.82) is 0 Å². The van der Waals surface area contributed by atoms with Crippen LogP contribution in [0.2, 0.25) is 5.15 Å². The van der Waals surface area contributed by atoms with Crippen molar-refractivity contribution in [2.75, 3.05) is 19.7 Å². The van der Waals surface area contributed by atoms with E-state index in [2.05, 4.69) is 32.1 Å². The lowest BCUT2D eigenvalue weighted by molar-refractivity contribution is 0.0291. The van der Waals surface area contributed by atoms with Crippen molar-refractivity contribution in [3.63, 3.8) is 0 Å². The SMILES string of the molecule is Fc1cc(Cl)ncc1C#Cc1ncc(CC2CNCCO2)cn1. The largest absolute Gasteiger partial charge is 0.375 e. The smallest absolute Gasteiger partial charge is 0.205 e. The first-order valence-corrected chi connectivity index (χ1v) is 7.55. The third-order valence-corrected chi connectivity index (χ3v) is 3.51. The number of hydrogen-bond acceptors (Lipinski definition) is 5. The molecule has 0 bridgehead atoms. The van der Waals surface area contributed by atoms with Gasteiger partial charge in [-0.15, -0.1) is 0 Å². The molecule has 0 aromatic carbocycles. The van der Waals surface area contributed by atoms with E-state index in [9.17, 15) is 4.39 Å². The van der Waals surface area contributed by atoms with E-state index in [4.69, 9.17) is 16.3 Å². The summed E-state index contributed by atoms with van der Waals surface area (Å²) in [6.45, 7) is 2.43. The van der Waals surface area contributed by atoms with Crippen LogP contribution in [0.5, 0.6) is 0 Å². The maximum absolute atomic E-state index is 13.6. The third kappa shape index (κ3) is 4.45. The zero-order valence-corrected chi connectivity index (χ0v) is 13.0. The number of halogens is 2. The molecule has 3 heterocycles. The molecule has 2 aromatic heterocycles. The van der Waals surface area contributed by atoms with Gasteiger partial charge in [0.2, 0.25) is 5.82 Å². The van der Waals surface area contributed by atoms with E-state index in [1.54, 1.807) is 12.4 Å². The van der Waals surface area contributed by atoms with E-state index in [1.807, 2.05) is 0 Å². The second-order valence-electron chi connectivity index (χ2n) is 5.05. The van der Waals surface area contributed by atoms with Crippen molar-refractivity contribution in [2.24, 2.45) is 0 Å². The van der Waals surface area contributed by atoms with Gasteiger partial charge < -0.3 is 10.1 Å². The summed E-state index contributed by atoms with van der Waals surface area (Å²) in [5, 5.41) is 3.37. The number of pyridine rings is 1. The van der Waals surface area contributed by atoms with E-state index in [0.717, 1.165) is 37.7 Å². The zero-order chi connectivity index (χ0) is 16.1. The number of morpholine rings is 1. The average Bonchev–Trinajstić information content (AvgIpc) is 2.56. The molecule has 1 N–H and O–H groups in total. The van der Waals surface area contributed by atoms with Crippen LogP contribution in [-0.2, 0) is 11.2 Å². The number of ether oxygens (including phenoxy) is 1. The Morgan fingerprint density at radius 3 is 2.78 bits per heavy atom. The third-order valence-electron chi connectivity index (χ3n) is 3.30. The first kappa shape index (κ1) is 15.8. The van der Waals surface area contributed by atoms with Gasteiger partial charge in [0.1, 0.15) is 11.0 Å². The quantitative estimate of drug-likeness (QED) is 0.668. The van der Waals surface area contributed by atoms with Gasteiger partial charge in [-0.1, -0.05) is 17.5 Å². The van der Waals surface area contributed by atoms with E-state index in [1.165, 1.54) is 6.20 Å². The summed E-state index contributed by atoms with van der Waals surface area (Å²) in [4.78, 5) is 12.1. The van der Waals surface area contributed by atoms with Gasteiger partial charge in [0.05, 0.1) is 18.3 Å². The van der Waals surface area contributed by atoms with Crippen LogP contribution in [0.15, 0.2) is 24.7 Å². The standard InChI is InChI=1S/C16H14ClFN4O/c17-15-6-14(18)12(9-20-15)1-2-16-21-7-11(8-22-16)5-13-10-19-3-4-23-13/h6-9,13,19H,3-5,10H2. The van der Waals surface area contributed by atoms with Crippen LogP contribution < -0.4 is 5.32 Å². The normalized spacial score (nSPS) is 17.4. The Labute approximate surface area is 138 Å². The fourth-order valence-corrected chi connectivity index (χ4v) is 2.31. The fourth-order valence-electron chi connectivity index (χ4n) is 2.16. The molecule has 118 valence electrons. The number of nitrogens with zero attached hydrogens (tertiary/aromatic N) is 3. The molecule has 23 heavy (non-hydrogen) atoms. The Morgan fingerprint density at radius 1 is 1.26 bits per heavy atom. The average molecular weight is 333 g/mol. The van der Waals surface area contributed by atoms with Crippen molar-refractivity contribution in [3.05, 3.63) is 52.6 Å².